The van der Waals surface area contributed by atoms with Crippen molar-refractivity contribution in [3.8, 4) is 0 Å². The van der Waals surface area contributed by atoms with E-state index in [1.807, 2.05) is 7.05 Å². The lowest BCUT2D eigenvalue weighted by molar-refractivity contribution is 0.0315. The van der Waals surface area contributed by atoms with E-state index in [4.69, 9.17) is 9.47 Å². The summed E-state index contributed by atoms with van der Waals surface area (Å²) in [4.78, 5) is 9.46. The molecule has 1 aliphatic carbocycles. The van der Waals surface area contributed by atoms with Crippen LogP contribution in [0.25, 0.3) is 0 Å². The molecule has 0 amide bonds. The molecule has 0 bridgehead atoms. The fourth-order valence-electron chi connectivity index (χ4n) is 4.45. The lowest BCUT2D eigenvalue weighted by Gasteiger charge is -2.29. The quantitative estimate of drug-likeness (QED) is 0.202. The largest absolute Gasteiger partial charge is 0.379 e. The Balaban J connectivity index is 0.00000261. The highest BCUT2D eigenvalue weighted by Crippen LogP contribution is 2.20. The first-order chi connectivity index (χ1) is 12.8. The van der Waals surface area contributed by atoms with Crippen molar-refractivity contribution in [2.45, 2.75) is 51.0 Å². The van der Waals surface area contributed by atoms with Crippen molar-refractivity contribution in [2.75, 3.05) is 66.1 Å². The molecule has 1 atom stereocenters. The fourth-order valence-corrected chi connectivity index (χ4v) is 4.45. The minimum Gasteiger partial charge on any atom is -0.379 e. The van der Waals surface area contributed by atoms with Gasteiger partial charge in [0, 0.05) is 46.3 Å². The Kier molecular flexibility index (Phi) is 11.3. The average Bonchev–Trinajstić information content (AvgIpc) is 2.97. The number of morpholine rings is 1. The van der Waals surface area contributed by atoms with Gasteiger partial charge in [0.15, 0.2) is 5.96 Å². The van der Waals surface area contributed by atoms with Crippen LogP contribution in [0.1, 0.15) is 44.9 Å². The second-order valence-electron chi connectivity index (χ2n) is 7.97. The molecule has 3 aliphatic rings. The number of halogens is 1. The highest BCUT2D eigenvalue weighted by Gasteiger charge is 2.27. The van der Waals surface area contributed by atoms with Gasteiger partial charge in [-0.3, -0.25) is 9.89 Å². The van der Waals surface area contributed by atoms with Gasteiger partial charge in [0.1, 0.15) is 0 Å². The minimum absolute atomic E-state index is 0. The van der Waals surface area contributed by atoms with Gasteiger partial charge in [0.25, 0.3) is 0 Å². The lowest BCUT2D eigenvalue weighted by atomic mass is 10.1. The molecular formula is C20H39IN4O2. The molecule has 27 heavy (non-hydrogen) atoms. The van der Waals surface area contributed by atoms with Gasteiger partial charge in [-0.2, -0.15) is 0 Å². The maximum Gasteiger partial charge on any atom is 0.193 e. The van der Waals surface area contributed by atoms with Crippen LogP contribution in [-0.4, -0.2) is 88.0 Å². The molecule has 0 aromatic rings. The summed E-state index contributed by atoms with van der Waals surface area (Å²) in [5.41, 5.74) is 0. The summed E-state index contributed by atoms with van der Waals surface area (Å²) in [6.45, 7) is 9.01. The first kappa shape index (κ1) is 23.2. The standard InChI is InChI=1S/C20H38N4O2.HI/c1-21-20(22-9-13-26-19-6-4-2-3-5-7-19)24-10-8-18(17-24)16-23-11-14-25-15-12-23;/h18-19H,2-17H2,1H3,(H,21,22);1H. The first-order valence-corrected chi connectivity index (χ1v) is 10.7. The van der Waals surface area contributed by atoms with E-state index in [1.54, 1.807) is 0 Å². The van der Waals surface area contributed by atoms with Gasteiger partial charge in [-0.05, 0) is 25.2 Å². The Bertz CT molecular complexity index is 424. The zero-order valence-electron chi connectivity index (χ0n) is 17.0. The van der Waals surface area contributed by atoms with Crippen molar-refractivity contribution < 1.29 is 9.47 Å². The van der Waals surface area contributed by atoms with Crippen LogP contribution in [-0.2, 0) is 9.47 Å². The predicted molar refractivity (Wildman–Crippen MR) is 121 cm³/mol. The summed E-state index contributed by atoms with van der Waals surface area (Å²) in [7, 11) is 1.89. The third kappa shape index (κ3) is 8.03. The van der Waals surface area contributed by atoms with Gasteiger partial charge in [0.2, 0.25) is 0 Å². The maximum absolute atomic E-state index is 6.09. The van der Waals surface area contributed by atoms with E-state index in [-0.39, 0.29) is 24.0 Å². The first-order valence-electron chi connectivity index (χ1n) is 10.7. The molecule has 2 heterocycles. The number of ether oxygens (including phenoxy) is 2. The molecule has 0 aromatic heterocycles. The number of rotatable bonds is 6. The van der Waals surface area contributed by atoms with E-state index in [0.29, 0.717) is 6.10 Å². The molecule has 2 saturated heterocycles. The molecule has 1 N–H and O–H groups in total. The van der Waals surface area contributed by atoms with Gasteiger partial charge in [-0.25, -0.2) is 0 Å². The highest BCUT2D eigenvalue weighted by molar-refractivity contribution is 14.0. The van der Waals surface area contributed by atoms with Crippen LogP contribution in [0.2, 0.25) is 0 Å². The van der Waals surface area contributed by atoms with Crippen LogP contribution in [0.15, 0.2) is 4.99 Å². The molecule has 1 saturated carbocycles. The number of hydrogen-bond acceptors (Lipinski definition) is 4. The lowest BCUT2D eigenvalue weighted by Crippen LogP contribution is -2.43. The van der Waals surface area contributed by atoms with Crippen LogP contribution in [0, 0.1) is 5.92 Å². The van der Waals surface area contributed by atoms with E-state index in [1.165, 1.54) is 51.5 Å². The van der Waals surface area contributed by atoms with Crippen LogP contribution in [0.4, 0.5) is 0 Å². The number of nitrogens with one attached hydrogen (secondary N) is 1. The Hall–Kier alpha value is -0.120. The predicted octanol–water partition coefficient (Wildman–Crippen LogP) is 2.57. The fraction of sp³-hybridized carbons (Fsp3) is 0.950. The minimum atomic E-state index is 0. The third-order valence-electron chi connectivity index (χ3n) is 5.96. The van der Waals surface area contributed by atoms with Crippen molar-refractivity contribution in [3.63, 3.8) is 0 Å². The average molecular weight is 494 g/mol. The van der Waals surface area contributed by atoms with E-state index >= 15 is 0 Å². The number of likely N-dealkylation sites (tertiary alicyclic amines) is 1. The van der Waals surface area contributed by atoms with Gasteiger partial charge >= 0.3 is 0 Å². The van der Waals surface area contributed by atoms with E-state index in [2.05, 4.69) is 20.1 Å². The summed E-state index contributed by atoms with van der Waals surface area (Å²) < 4.78 is 11.5. The molecule has 6 nitrogen and oxygen atoms in total. The number of aliphatic imine (C=N–C) groups is 1. The molecule has 0 aromatic carbocycles. The van der Waals surface area contributed by atoms with Crippen molar-refractivity contribution in [3.05, 3.63) is 0 Å². The van der Waals surface area contributed by atoms with E-state index in [0.717, 1.165) is 64.4 Å². The van der Waals surface area contributed by atoms with Crippen molar-refractivity contribution >= 4 is 29.9 Å². The summed E-state index contributed by atoms with van der Waals surface area (Å²) in [5, 5.41) is 3.51. The molecule has 1 unspecified atom stereocenters. The number of nitrogens with zero attached hydrogens (tertiary/aromatic N) is 3. The second kappa shape index (κ2) is 13.2. The van der Waals surface area contributed by atoms with Crippen LogP contribution >= 0.6 is 24.0 Å². The SMILES string of the molecule is CN=C(NCCOC1CCCCCC1)N1CCC(CN2CCOCC2)C1.I. The van der Waals surface area contributed by atoms with Crippen LogP contribution in [0.5, 0.6) is 0 Å². The zero-order chi connectivity index (χ0) is 18.0. The van der Waals surface area contributed by atoms with Gasteiger partial charge in [0.05, 0.1) is 25.9 Å². The van der Waals surface area contributed by atoms with E-state index in [9.17, 15) is 0 Å². The number of guanidine groups is 1. The van der Waals surface area contributed by atoms with Crippen molar-refractivity contribution in [2.24, 2.45) is 10.9 Å². The topological polar surface area (TPSA) is 49.3 Å². The highest BCUT2D eigenvalue weighted by atomic mass is 127. The molecule has 7 heteroatoms. The van der Waals surface area contributed by atoms with Gasteiger partial charge < -0.3 is 19.7 Å². The Morgan fingerprint density at radius 3 is 2.52 bits per heavy atom. The van der Waals surface area contributed by atoms with Crippen molar-refractivity contribution in [1.82, 2.24) is 15.1 Å². The monoisotopic (exact) mass is 494 g/mol. The molecule has 0 radical (unpaired) electrons. The third-order valence-corrected chi connectivity index (χ3v) is 5.96. The zero-order valence-corrected chi connectivity index (χ0v) is 19.4. The summed E-state index contributed by atoms with van der Waals surface area (Å²) in [6.07, 6.45) is 9.64. The van der Waals surface area contributed by atoms with Crippen molar-refractivity contribution in [1.29, 1.82) is 0 Å². The van der Waals surface area contributed by atoms with E-state index < -0.39 is 0 Å². The normalized spacial score (nSPS) is 25.9. The number of hydrogen-bond donors (Lipinski definition) is 1. The molecular weight excluding hydrogens is 455 g/mol. The molecule has 2 aliphatic heterocycles. The molecule has 158 valence electrons. The molecule has 3 fully saturated rings. The summed E-state index contributed by atoms with van der Waals surface area (Å²) in [5.74, 6) is 1.79. The Labute approximate surface area is 182 Å². The summed E-state index contributed by atoms with van der Waals surface area (Å²) in [6, 6.07) is 0. The maximum atomic E-state index is 6.09. The smallest absolute Gasteiger partial charge is 0.193 e. The van der Waals surface area contributed by atoms with Gasteiger partial charge in [-0.15, -0.1) is 24.0 Å². The Morgan fingerprint density at radius 2 is 1.81 bits per heavy atom. The summed E-state index contributed by atoms with van der Waals surface area (Å²) >= 11 is 0. The molecule has 0 spiro atoms. The second-order valence-corrected chi connectivity index (χ2v) is 7.97. The molecule has 3 rings (SSSR count). The Morgan fingerprint density at radius 1 is 1.07 bits per heavy atom. The van der Waals surface area contributed by atoms with Crippen LogP contribution < -0.4 is 5.32 Å². The van der Waals surface area contributed by atoms with Gasteiger partial charge in [-0.1, -0.05) is 25.7 Å². The van der Waals surface area contributed by atoms with Crippen LogP contribution in [0.3, 0.4) is 0 Å².